The van der Waals surface area contributed by atoms with Gasteiger partial charge in [0, 0.05) is 25.7 Å². The minimum Gasteiger partial charge on any atom is -0.394 e. The molecule has 43 heavy (non-hydrogen) atoms. The Kier molecular flexibility index (Phi) is 13.6. The number of aldehydes is 1. The van der Waals surface area contributed by atoms with Gasteiger partial charge in [0.15, 0.2) is 6.29 Å². The molecule has 3 aliphatic heterocycles. The summed E-state index contributed by atoms with van der Waals surface area (Å²) in [7, 11) is 0. The minimum absolute atomic E-state index is 0.137. The topological polar surface area (TPSA) is 263 Å². The van der Waals surface area contributed by atoms with Crippen LogP contribution in [0, 0.1) is 11.8 Å². The van der Waals surface area contributed by atoms with Crippen LogP contribution < -0.4 is 10.6 Å². The Labute approximate surface area is 248 Å². The third kappa shape index (κ3) is 8.65. The molecule has 3 rings (SSSR count). The van der Waals surface area contributed by atoms with Crippen molar-refractivity contribution in [3.63, 3.8) is 0 Å². The zero-order chi connectivity index (χ0) is 31.8. The summed E-state index contributed by atoms with van der Waals surface area (Å²) < 4.78 is 28.4. The van der Waals surface area contributed by atoms with Crippen LogP contribution in [0.25, 0.3) is 0 Å². The van der Waals surface area contributed by atoms with Gasteiger partial charge in [0.2, 0.25) is 11.8 Å². The van der Waals surface area contributed by atoms with Gasteiger partial charge in [-0.15, -0.1) is 0 Å². The number of carbonyl (C=O) groups excluding carboxylic acids is 3. The van der Waals surface area contributed by atoms with Gasteiger partial charge in [-0.2, -0.15) is 0 Å². The number of aliphatic hydroxyl groups excluding tert-OH is 7. The van der Waals surface area contributed by atoms with Crippen LogP contribution in [0.2, 0.25) is 0 Å². The second-order valence-electron chi connectivity index (χ2n) is 11.1. The van der Waals surface area contributed by atoms with E-state index in [1.807, 2.05) is 0 Å². The largest absolute Gasteiger partial charge is 0.394 e. The fourth-order valence-electron chi connectivity index (χ4n) is 5.79. The molecule has 0 saturated carbocycles. The van der Waals surface area contributed by atoms with E-state index in [1.165, 1.54) is 13.8 Å². The second kappa shape index (κ2) is 16.4. The highest BCUT2D eigenvalue weighted by Gasteiger charge is 2.48. The van der Waals surface area contributed by atoms with E-state index >= 15 is 0 Å². The van der Waals surface area contributed by atoms with Crippen molar-refractivity contribution in [2.24, 2.45) is 11.8 Å². The van der Waals surface area contributed by atoms with Crippen molar-refractivity contribution in [1.29, 1.82) is 0 Å². The summed E-state index contributed by atoms with van der Waals surface area (Å²) in [6.07, 6.45) is -11.0. The molecule has 0 aromatic carbocycles. The summed E-state index contributed by atoms with van der Waals surface area (Å²) in [6.45, 7) is 0.0685. The van der Waals surface area contributed by atoms with E-state index in [0.29, 0.717) is 6.29 Å². The zero-order valence-electron chi connectivity index (χ0n) is 24.0. The van der Waals surface area contributed by atoms with Gasteiger partial charge >= 0.3 is 0 Å². The second-order valence-corrected chi connectivity index (χ2v) is 11.1. The first kappa shape index (κ1) is 35.6. The van der Waals surface area contributed by atoms with E-state index in [2.05, 4.69) is 10.6 Å². The van der Waals surface area contributed by atoms with Crippen molar-refractivity contribution in [3.8, 4) is 0 Å². The standard InChI is InChI=1S/C26H44N2O15/c1-11(33)27-21-19(9-39-7-13-15(3-29)41-17(5-31)23(13)35)42-16(4-30)14(24(21)36)8-40-10-20-22(28-12(2)34)26(38)25(37)18(6-32)43-20/h5,13-26,29-30,32,35-38H,3-4,6-10H2,1-2H3,(H,27,33)(H,28,34)/t13?,14-,15+,16?,17-,18?,19-,20-,21?,22?,23-,24-,25-,26+/m0/s1. The molecule has 2 amide bonds. The van der Waals surface area contributed by atoms with E-state index in [1.54, 1.807) is 0 Å². The minimum atomic E-state index is -1.46. The van der Waals surface area contributed by atoms with Crippen LogP contribution in [-0.2, 0) is 38.1 Å². The van der Waals surface area contributed by atoms with Gasteiger partial charge in [-0.25, -0.2) is 0 Å². The zero-order valence-corrected chi connectivity index (χ0v) is 24.0. The van der Waals surface area contributed by atoms with Crippen LogP contribution in [0.1, 0.15) is 13.8 Å². The molecule has 0 bridgehead atoms. The average molecular weight is 625 g/mol. The normalized spacial score (nSPS) is 41.5. The molecule has 17 nitrogen and oxygen atoms in total. The molecule has 0 aliphatic carbocycles. The summed E-state index contributed by atoms with van der Waals surface area (Å²) >= 11 is 0. The van der Waals surface area contributed by atoms with Crippen LogP contribution >= 0.6 is 0 Å². The van der Waals surface area contributed by atoms with Crippen molar-refractivity contribution in [1.82, 2.24) is 10.6 Å². The Morgan fingerprint density at radius 1 is 0.628 bits per heavy atom. The predicted octanol–water partition coefficient (Wildman–Crippen LogP) is -5.82. The molecule has 248 valence electrons. The molecular weight excluding hydrogens is 580 g/mol. The molecule has 14 atom stereocenters. The van der Waals surface area contributed by atoms with Crippen LogP contribution in [0.4, 0.5) is 0 Å². The van der Waals surface area contributed by atoms with Crippen LogP contribution in [-0.4, -0.2) is 173 Å². The molecule has 3 heterocycles. The van der Waals surface area contributed by atoms with Gasteiger partial charge < -0.3 is 74.9 Å². The third-order valence-electron chi connectivity index (χ3n) is 8.07. The molecule has 0 aromatic heterocycles. The van der Waals surface area contributed by atoms with Crippen molar-refractivity contribution in [2.45, 2.75) is 87.0 Å². The predicted molar refractivity (Wildman–Crippen MR) is 141 cm³/mol. The fourth-order valence-corrected chi connectivity index (χ4v) is 5.79. The van der Waals surface area contributed by atoms with E-state index in [-0.39, 0.29) is 26.4 Å². The first-order valence-corrected chi connectivity index (χ1v) is 14.1. The Bertz CT molecular complexity index is 914. The SMILES string of the molecule is CC(=O)NC1[C@H](COC[C@H]2C(CO)O[C@@H](COCC3[C@@H](CO)O[C@@H](C=O)[C@H]3O)C(NC(C)=O)[C@H]2O)OC(CO)[C@H](O)[C@@H]1O. The van der Waals surface area contributed by atoms with Crippen LogP contribution in [0.5, 0.6) is 0 Å². The third-order valence-corrected chi connectivity index (χ3v) is 8.07. The molecule has 3 saturated heterocycles. The molecular formula is C26H44N2O15. The van der Waals surface area contributed by atoms with Crippen LogP contribution in [0.3, 0.4) is 0 Å². The van der Waals surface area contributed by atoms with Gasteiger partial charge in [0.05, 0.1) is 82.7 Å². The van der Waals surface area contributed by atoms with Crippen molar-refractivity contribution in [2.75, 3.05) is 46.2 Å². The molecule has 0 radical (unpaired) electrons. The lowest BCUT2D eigenvalue weighted by molar-refractivity contribution is -0.217. The van der Waals surface area contributed by atoms with E-state index in [9.17, 15) is 50.1 Å². The van der Waals surface area contributed by atoms with Gasteiger partial charge in [-0.3, -0.25) is 9.59 Å². The monoisotopic (exact) mass is 624 g/mol. The number of hydrogen-bond acceptors (Lipinski definition) is 15. The van der Waals surface area contributed by atoms with E-state index < -0.39 is 117 Å². The maximum Gasteiger partial charge on any atom is 0.217 e. The van der Waals surface area contributed by atoms with Crippen molar-refractivity contribution in [3.05, 3.63) is 0 Å². The maximum atomic E-state index is 12.0. The number of carbonyl (C=O) groups is 3. The van der Waals surface area contributed by atoms with E-state index in [4.69, 9.17) is 23.7 Å². The molecule has 0 spiro atoms. The Morgan fingerprint density at radius 2 is 1.07 bits per heavy atom. The smallest absolute Gasteiger partial charge is 0.217 e. The summed E-state index contributed by atoms with van der Waals surface area (Å²) in [5.74, 6) is -2.58. The average Bonchev–Trinajstić information content (AvgIpc) is 3.28. The highest BCUT2D eigenvalue weighted by Crippen LogP contribution is 2.30. The lowest BCUT2D eigenvalue weighted by atomic mass is 9.85. The highest BCUT2D eigenvalue weighted by atomic mass is 16.6. The summed E-state index contributed by atoms with van der Waals surface area (Å²) in [5, 5.41) is 76.4. The number of hydrogen-bond donors (Lipinski definition) is 9. The van der Waals surface area contributed by atoms with Gasteiger partial charge in [0.1, 0.15) is 36.6 Å². The maximum absolute atomic E-state index is 12.0. The number of amides is 2. The lowest BCUT2D eigenvalue weighted by Crippen LogP contribution is -2.65. The number of aliphatic hydroxyl groups is 7. The molecule has 3 fully saturated rings. The Balaban J connectivity index is 1.64. The first-order valence-electron chi connectivity index (χ1n) is 14.1. The van der Waals surface area contributed by atoms with Crippen LogP contribution in [0.15, 0.2) is 0 Å². The Hall–Kier alpha value is -1.87. The highest BCUT2D eigenvalue weighted by molar-refractivity contribution is 5.73. The van der Waals surface area contributed by atoms with Crippen molar-refractivity contribution < 1.29 is 73.8 Å². The molecule has 3 aliphatic rings. The first-order chi connectivity index (χ1) is 20.5. The number of rotatable bonds is 14. The van der Waals surface area contributed by atoms with Gasteiger partial charge in [-0.05, 0) is 0 Å². The van der Waals surface area contributed by atoms with E-state index in [0.717, 1.165) is 0 Å². The number of nitrogens with one attached hydrogen (secondary N) is 2. The number of ether oxygens (including phenoxy) is 5. The summed E-state index contributed by atoms with van der Waals surface area (Å²) in [5.41, 5.74) is 0. The summed E-state index contributed by atoms with van der Waals surface area (Å²) in [4.78, 5) is 34.8. The molecule has 17 heteroatoms. The molecule has 9 N–H and O–H groups in total. The molecule has 5 unspecified atom stereocenters. The summed E-state index contributed by atoms with van der Waals surface area (Å²) in [6, 6.07) is -2.08. The fraction of sp³-hybridized carbons (Fsp3) is 0.885. The van der Waals surface area contributed by atoms with Gasteiger partial charge in [-0.1, -0.05) is 0 Å². The van der Waals surface area contributed by atoms with Crippen molar-refractivity contribution >= 4 is 18.1 Å². The quantitative estimate of drug-likeness (QED) is 0.0815. The Morgan fingerprint density at radius 3 is 1.53 bits per heavy atom. The lowest BCUT2D eigenvalue weighted by Gasteiger charge is -2.45. The molecule has 0 aromatic rings. The van der Waals surface area contributed by atoms with Gasteiger partial charge in [0.25, 0.3) is 0 Å².